The number of benzene rings is 3. The van der Waals surface area contributed by atoms with Gasteiger partial charge in [0.1, 0.15) is 18.2 Å². The van der Waals surface area contributed by atoms with Gasteiger partial charge in [-0.2, -0.15) is 0 Å². The van der Waals surface area contributed by atoms with E-state index in [4.69, 9.17) is 0 Å². The second kappa shape index (κ2) is 15.0. The Morgan fingerprint density at radius 1 is 0.771 bits per heavy atom. The van der Waals surface area contributed by atoms with Crippen molar-refractivity contribution in [2.24, 2.45) is 5.92 Å². The van der Waals surface area contributed by atoms with E-state index in [0.29, 0.717) is 31.8 Å². The van der Waals surface area contributed by atoms with Gasteiger partial charge in [-0.05, 0) is 61.4 Å². The lowest BCUT2D eigenvalue weighted by atomic mass is 9.67. The minimum Gasteiger partial charge on any atom is -0.388 e. The Morgan fingerprint density at radius 3 is 1.90 bits per heavy atom. The maximum atomic E-state index is 14.6. The van der Waals surface area contributed by atoms with Crippen molar-refractivity contribution >= 4 is 17.7 Å². The third-order valence-corrected chi connectivity index (χ3v) is 10.7. The van der Waals surface area contributed by atoms with Crippen LogP contribution in [0.2, 0.25) is 0 Å². The van der Waals surface area contributed by atoms with Crippen LogP contribution in [0.15, 0.2) is 91.0 Å². The summed E-state index contributed by atoms with van der Waals surface area (Å²) in [7, 11) is 0. The fourth-order valence-corrected chi connectivity index (χ4v) is 8.10. The number of nitrogens with zero attached hydrogens (tertiary/aromatic N) is 3. The van der Waals surface area contributed by atoms with Crippen molar-refractivity contribution in [1.82, 2.24) is 20.0 Å². The molecule has 3 N–H and O–H groups in total. The van der Waals surface area contributed by atoms with Crippen molar-refractivity contribution in [3.63, 3.8) is 0 Å². The van der Waals surface area contributed by atoms with Crippen LogP contribution in [-0.2, 0) is 19.8 Å². The molecule has 0 radical (unpaired) electrons. The largest absolute Gasteiger partial charge is 0.388 e. The van der Waals surface area contributed by atoms with Crippen LogP contribution in [0.5, 0.6) is 0 Å². The monoisotopic (exact) mass is 652 g/mol. The lowest BCUT2D eigenvalue weighted by molar-refractivity contribution is -0.149. The number of aliphatic hydroxyl groups is 2. The fourth-order valence-electron chi connectivity index (χ4n) is 8.10. The smallest absolute Gasteiger partial charge is 0.248 e. The van der Waals surface area contributed by atoms with Crippen LogP contribution < -0.4 is 5.32 Å². The van der Waals surface area contributed by atoms with Gasteiger partial charge < -0.3 is 30.2 Å². The standard InChI is InChI=1S/C39H48N4O5/c1-2-41-22-12-14-28(26-41)25-40-37(47)32-21-13-23-42(32)38(48)35-36(46)33(44)27-43(35)34(45)24-39(29-15-6-3-7-16-29,30-17-8-4-9-18-30)31-19-10-5-11-20-31/h3-11,15-20,28,32-33,35-36,44,46H,2,12-14,21-27H2,1H3,(H,40,47)/t28-,32-,33+,35+,36+/m1/s1. The molecule has 3 aliphatic heterocycles. The summed E-state index contributed by atoms with van der Waals surface area (Å²) in [5.74, 6) is -0.688. The van der Waals surface area contributed by atoms with Crippen molar-refractivity contribution in [3.8, 4) is 0 Å². The van der Waals surface area contributed by atoms with E-state index >= 15 is 0 Å². The number of likely N-dealkylation sites (tertiary alicyclic amines) is 3. The molecule has 0 spiro atoms. The maximum Gasteiger partial charge on any atom is 0.248 e. The third-order valence-electron chi connectivity index (χ3n) is 10.7. The molecule has 0 aliphatic carbocycles. The van der Waals surface area contributed by atoms with Gasteiger partial charge in [-0.25, -0.2) is 0 Å². The average molecular weight is 653 g/mol. The molecular weight excluding hydrogens is 604 g/mol. The summed E-state index contributed by atoms with van der Waals surface area (Å²) in [6.45, 7) is 5.91. The zero-order chi connectivity index (χ0) is 33.7. The van der Waals surface area contributed by atoms with Gasteiger partial charge >= 0.3 is 0 Å². The van der Waals surface area contributed by atoms with E-state index in [9.17, 15) is 24.6 Å². The molecule has 6 rings (SSSR count). The minimum absolute atomic E-state index is 0.0334. The third kappa shape index (κ3) is 6.77. The molecule has 9 nitrogen and oxygen atoms in total. The number of amides is 3. The van der Waals surface area contributed by atoms with Gasteiger partial charge in [-0.3, -0.25) is 14.4 Å². The number of β-amino-alcohol motifs (C(OH)–C–C–N with tert-alkyl or cyclic N) is 1. The van der Waals surface area contributed by atoms with Gasteiger partial charge in [0.15, 0.2) is 0 Å². The number of nitrogens with one attached hydrogen (secondary N) is 1. The van der Waals surface area contributed by atoms with Crippen LogP contribution in [-0.4, -0.2) is 106 Å². The second-order valence-electron chi connectivity index (χ2n) is 13.6. The zero-order valence-corrected chi connectivity index (χ0v) is 27.8. The Hall–Kier alpha value is -4.05. The molecule has 0 bridgehead atoms. The molecular formula is C39H48N4O5. The predicted octanol–water partition coefficient (Wildman–Crippen LogP) is 3.18. The van der Waals surface area contributed by atoms with Crippen LogP contribution in [0.25, 0.3) is 0 Å². The van der Waals surface area contributed by atoms with Crippen molar-refractivity contribution in [3.05, 3.63) is 108 Å². The van der Waals surface area contributed by atoms with E-state index in [0.717, 1.165) is 49.2 Å². The Balaban J connectivity index is 1.26. The minimum atomic E-state index is -1.47. The number of aliphatic hydroxyl groups excluding tert-OH is 2. The van der Waals surface area contributed by atoms with Crippen LogP contribution >= 0.6 is 0 Å². The highest BCUT2D eigenvalue weighted by Crippen LogP contribution is 2.43. The first-order valence-electron chi connectivity index (χ1n) is 17.5. The van der Waals surface area contributed by atoms with Gasteiger partial charge in [0.05, 0.1) is 18.1 Å². The lowest BCUT2D eigenvalue weighted by Gasteiger charge is -2.38. The van der Waals surface area contributed by atoms with E-state index in [2.05, 4.69) is 17.1 Å². The number of rotatable bonds is 10. The molecule has 3 amide bonds. The zero-order valence-electron chi connectivity index (χ0n) is 27.8. The highest BCUT2D eigenvalue weighted by Gasteiger charge is 2.51. The number of carbonyl (C=O) groups is 3. The van der Waals surface area contributed by atoms with Crippen LogP contribution in [0.1, 0.15) is 55.7 Å². The summed E-state index contributed by atoms with van der Waals surface area (Å²) in [6.07, 6.45) is 0.543. The van der Waals surface area contributed by atoms with Gasteiger partial charge in [0.2, 0.25) is 17.7 Å². The Bertz CT molecular complexity index is 1440. The molecule has 48 heavy (non-hydrogen) atoms. The highest BCUT2D eigenvalue weighted by atomic mass is 16.3. The number of hydrogen-bond donors (Lipinski definition) is 3. The number of hydrogen-bond acceptors (Lipinski definition) is 6. The molecule has 3 aliphatic rings. The Kier molecular flexibility index (Phi) is 10.6. The first kappa shape index (κ1) is 33.8. The van der Waals surface area contributed by atoms with E-state index in [1.54, 1.807) is 0 Å². The molecule has 9 heteroatoms. The first-order valence-corrected chi connectivity index (χ1v) is 17.5. The Labute approximate surface area is 283 Å². The van der Waals surface area contributed by atoms with E-state index in [1.165, 1.54) is 9.80 Å². The summed E-state index contributed by atoms with van der Waals surface area (Å²) in [6, 6.07) is 27.5. The van der Waals surface area contributed by atoms with Crippen LogP contribution in [0.3, 0.4) is 0 Å². The van der Waals surface area contributed by atoms with Gasteiger partial charge in [-0.1, -0.05) is 97.9 Å². The van der Waals surface area contributed by atoms with Gasteiger partial charge in [-0.15, -0.1) is 0 Å². The van der Waals surface area contributed by atoms with Crippen LogP contribution in [0.4, 0.5) is 0 Å². The summed E-state index contributed by atoms with van der Waals surface area (Å²) in [5, 5.41) is 25.2. The summed E-state index contributed by atoms with van der Waals surface area (Å²) < 4.78 is 0. The predicted molar refractivity (Wildman–Crippen MR) is 184 cm³/mol. The van der Waals surface area contributed by atoms with Crippen molar-refractivity contribution in [2.45, 2.75) is 68.7 Å². The lowest BCUT2D eigenvalue weighted by Crippen LogP contribution is -2.56. The van der Waals surface area contributed by atoms with E-state index < -0.39 is 35.6 Å². The topological polar surface area (TPSA) is 113 Å². The molecule has 0 aromatic heterocycles. The van der Waals surface area contributed by atoms with E-state index in [-0.39, 0.29) is 24.8 Å². The van der Waals surface area contributed by atoms with Crippen LogP contribution in [0, 0.1) is 5.92 Å². The normalized spacial score (nSPS) is 24.9. The van der Waals surface area contributed by atoms with Gasteiger partial charge in [0, 0.05) is 26.1 Å². The molecule has 0 unspecified atom stereocenters. The van der Waals surface area contributed by atoms with Crippen molar-refractivity contribution in [1.29, 1.82) is 0 Å². The molecule has 3 saturated heterocycles. The Morgan fingerprint density at radius 2 is 1.33 bits per heavy atom. The highest BCUT2D eigenvalue weighted by molar-refractivity contribution is 5.94. The summed E-state index contributed by atoms with van der Waals surface area (Å²) >= 11 is 0. The molecule has 3 heterocycles. The summed E-state index contributed by atoms with van der Waals surface area (Å²) in [4.78, 5) is 47.6. The first-order chi connectivity index (χ1) is 23.3. The van der Waals surface area contributed by atoms with Crippen molar-refractivity contribution < 1.29 is 24.6 Å². The molecule has 254 valence electrons. The van der Waals surface area contributed by atoms with E-state index in [1.807, 2.05) is 91.0 Å². The molecule has 3 aromatic carbocycles. The molecule has 5 atom stereocenters. The average Bonchev–Trinajstić information content (AvgIpc) is 3.75. The molecule has 3 aromatic rings. The maximum absolute atomic E-state index is 14.6. The molecule has 3 fully saturated rings. The fraction of sp³-hybridized carbons (Fsp3) is 0.462. The quantitative estimate of drug-likeness (QED) is 0.290. The number of carbonyl (C=O) groups excluding carboxylic acids is 3. The van der Waals surface area contributed by atoms with Gasteiger partial charge in [0.25, 0.3) is 0 Å². The summed E-state index contributed by atoms with van der Waals surface area (Å²) in [5.41, 5.74) is 1.83. The SMILES string of the molecule is CCN1CCC[C@H](CNC(=O)[C@H]2CCCN2C(=O)[C@@H]2[C@@H](O)[C@@H](O)CN2C(=O)CC(c2ccccc2)(c2ccccc2)c2ccccc2)C1. The van der Waals surface area contributed by atoms with Crippen molar-refractivity contribution in [2.75, 3.05) is 39.3 Å². The number of piperidine rings is 1. The molecule has 0 saturated carbocycles. The second-order valence-corrected chi connectivity index (χ2v) is 13.6.